The molecule has 0 aliphatic rings. The van der Waals surface area contributed by atoms with Gasteiger partial charge in [-0.15, -0.1) is 0 Å². The summed E-state index contributed by atoms with van der Waals surface area (Å²) in [7, 11) is 1.56. The molecule has 1 atom stereocenters. The number of hydrogen-bond donors (Lipinski definition) is 2. The number of aryl methyl sites for hydroxylation is 1. The summed E-state index contributed by atoms with van der Waals surface area (Å²) in [6.45, 7) is 3.61. The summed E-state index contributed by atoms with van der Waals surface area (Å²) in [6, 6.07) is 19.5. The summed E-state index contributed by atoms with van der Waals surface area (Å²) in [6.07, 6.45) is -0.708. The van der Waals surface area contributed by atoms with Gasteiger partial charge in [0.15, 0.2) is 6.10 Å². The Kier molecular flexibility index (Phi) is 7.31. The Hall–Kier alpha value is -3.32. The number of rotatable bonds is 7. The summed E-state index contributed by atoms with van der Waals surface area (Å²) < 4.78 is 11.9. The van der Waals surface area contributed by atoms with Crippen molar-refractivity contribution in [1.82, 2.24) is 0 Å². The van der Waals surface area contributed by atoms with Crippen molar-refractivity contribution >= 4 is 39.1 Å². The molecule has 3 aromatic carbocycles. The molecular formula is C24H23BrN2O4. The first-order chi connectivity index (χ1) is 14.9. The molecule has 7 heteroatoms. The van der Waals surface area contributed by atoms with Crippen LogP contribution in [-0.4, -0.2) is 25.0 Å². The van der Waals surface area contributed by atoms with Crippen molar-refractivity contribution < 1.29 is 19.1 Å². The molecule has 31 heavy (non-hydrogen) atoms. The van der Waals surface area contributed by atoms with Gasteiger partial charge in [-0.2, -0.15) is 0 Å². The molecular weight excluding hydrogens is 460 g/mol. The van der Waals surface area contributed by atoms with Gasteiger partial charge < -0.3 is 20.1 Å². The average Bonchev–Trinajstić information content (AvgIpc) is 2.76. The normalized spacial score (nSPS) is 11.4. The fourth-order valence-corrected chi connectivity index (χ4v) is 3.10. The number of methoxy groups -OCH3 is 1. The van der Waals surface area contributed by atoms with Crippen LogP contribution in [0.4, 0.5) is 11.4 Å². The monoisotopic (exact) mass is 482 g/mol. The lowest BCUT2D eigenvalue weighted by Gasteiger charge is -2.15. The number of carbonyl (C=O) groups excluding carboxylic acids is 2. The van der Waals surface area contributed by atoms with E-state index in [9.17, 15) is 9.59 Å². The average molecular weight is 483 g/mol. The topological polar surface area (TPSA) is 76.7 Å². The number of ether oxygens (including phenoxy) is 2. The summed E-state index contributed by atoms with van der Waals surface area (Å²) in [5.74, 6) is 0.542. The van der Waals surface area contributed by atoms with E-state index < -0.39 is 6.10 Å². The Bertz CT molecular complexity index is 1070. The third-order valence-corrected chi connectivity index (χ3v) is 5.04. The van der Waals surface area contributed by atoms with Crippen LogP contribution in [0.5, 0.6) is 11.5 Å². The van der Waals surface area contributed by atoms with Crippen molar-refractivity contribution in [1.29, 1.82) is 0 Å². The van der Waals surface area contributed by atoms with E-state index in [1.807, 2.05) is 37.3 Å². The van der Waals surface area contributed by atoms with E-state index in [2.05, 4.69) is 26.6 Å². The number of halogens is 1. The highest BCUT2D eigenvalue weighted by molar-refractivity contribution is 9.10. The van der Waals surface area contributed by atoms with Crippen LogP contribution < -0.4 is 20.1 Å². The fourth-order valence-electron chi connectivity index (χ4n) is 2.83. The quantitative estimate of drug-likeness (QED) is 0.470. The zero-order valence-corrected chi connectivity index (χ0v) is 19.0. The van der Waals surface area contributed by atoms with Crippen LogP contribution in [0.25, 0.3) is 0 Å². The molecule has 0 fully saturated rings. The van der Waals surface area contributed by atoms with E-state index in [1.165, 1.54) is 0 Å². The molecule has 0 radical (unpaired) electrons. The Morgan fingerprint density at radius 3 is 2.26 bits per heavy atom. The van der Waals surface area contributed by atoms with Crippen molar-refractivity contribution in [2.75, 3.05) is 17.7 Å². The SMILES string of the molecule is COc1ccc(C)cc1NC(=O)c1ccc(OC(C)C(=O)Nc2ccc(Br)cc2)cc1. The molecule has 0 bridgehead atoms. The largest absolute Gasteiger partial charge is 0.495 e. The predicted molar refractivity (Wildman–Crippen MR) is 125 cm³/mol. The van der Waals surface area contributed by atoms with E-state index in [4.69, 9.17) is 9.47 Å². The second-order valence-electron chi connectivity index (χ2n) is 6.94. The molecule has 0 spiro atoms. The van der Waals surface area contributed by atoms with Crippen molar-refractivity contribution in [3.63, 3.8) is 0 Å². The van der Waals surface area contributed by atoms with E-state index in [0.717, 1.165) is 10.0 Å². The summed E-state index contributed by atoms with van der Waals surface area (Å²) in [5, 5.41) is 5.66. The predicted octanol–water partition coefficient (Wildman–Crippen LogP) is 5.42. The molecule has 0 heterocycles. The number of anilines is 2. The first-order valence-electron chi connectivity index (χ1n) is 9.65. The number of amides is 2. The van der Waals surface area contributed by atoms with Gasteiger partial charge in [-0.05, 0) is 80.1 Å². The highest BCUT2D eigenvalue weighted by Crippen LogP contribution is 2.26. The van der Waals surface area contributed by atoms with Crippen molar-refractivity contribution in [3.8, 4) is 11.5 Å². The highest BCUT2D eigenvalue weighted by atomic mass is 79.9. The van der Waals surface area contributed by atoms with Crippen LogP contribution in [0.15, 0.2) is 71.2 Å². The third-order valence-electron chi connectivity index (χ3n) is 4.51. The van der Waals surface area contributed by atoms with Gasteiger partial charge in [-0.25, -0.2) is 0 Å². The molecule has 0 aromatic heterocycles. The molecule has 0 saturated carbocycles. The molecule has 0 aliphatic heterocycles. The lowest BCUT2D eigenvalue weighted by atomic mass is 10.1. The van der Waals surface area contributed by atoms with E-state index in [0.29, 0.717) is 28.4 Å². The maximum absolute atomic E-state index is 12.6. The second kappa shape index (κ2) is 10.1. The van der Waals surface area contributed by atoms with Crippen LogP contribution >= 0.6 is 15.9 Å². The van der Waals surface area contributed by atoms with Gasteiger partial charge in [-0.1, -0.05) is 22.0 Å². The van der Waals surface area contributed by atoms with Gasteiger partial charge in [0, 0.05) is 15.7 Å². The van der Waals surface area contributed by atoms with Gasteiger partial charge in [0.05, 0.1) is 12.8 Å². The number of nitrogens with one attached hydrogen (secondary N) is 2. The summed E-state index contributed by atoms with van der Waals surface area (Å²) in [4.78, 5) is 24.9. The van der Waals surface area contributed by atoms with Gasteiger partial charge in [-0.3, -0.25) is 9.59 Å². The van der Waals surface area contributed by atoms with Crippen LogP contribution in [-0.2, 0) is 4.79 Å². The van der Waals surface area contributed by atoms with Crippen LogP contribution in [0.1, 0.15) is 22.8 Å². The standard InChI is InChI=1S/C24H23BrN2O4/c1-15-4-13-22(30-3)21(14-15)27-24(29)17-5-11-20(12-6-17)31-16(2)23(28)26-19-9-7-18(25)8-10-19/h4-14,16H,1-3H3,(H,26,28)(H,27,29). The molecule has 2 amide bonds. The Morgan fingerprint density at radius 1 is 0.935 bits per heavy atom. The van der Waals surface area contributed by atoms with Crippen molar-refractivity contribution in [2.45, 2.75) is 20.0 Å². The van der Waals surface area contributed by atoms with E-state index in [1.54, 1.807) is 50.4 Å². The van der Waals surface area contributed by atoms with Gasteiger partial charge in [0.25, 0.3) is 11.8 Å². The Labute approximate surface area is 189 Å². The first-order valence-corrected chi connectivity index (χ1v) is 10.4. The molecule has 6 nitrogen and oxygen atoms in total. The van der Waals surface area contributed by atoms with Crippen molar-refractivity contribution in [2.24, 2.45) is 0 Å². The number of hydrogen-bond acceptors (Lipinski definition) is 4. The molecule has 0 aliphatic carbocycles. The molecule has 3 rings (SSSR count). The summed E-state index contributed by atoms with van der Waals surface area (Å²) in [5.41, 5.74) is 2.76. The first kappa shape index (κ1) is 22.4. The number of benzene rings is 3. The van der Waals surface area contributed by atoms with Gasteiger partial charge >= 0.3 is 0 Å². The minimum absolute atomic E-state index is 0.267. The van der Waals surface area contributed by atoms with Crippen LogP contribution in [0, 0.1) is 6.92 Å². The maximum Gasteiger partial charge on any atom is 0.265 e. The lowest BCUT2D eigenvalue weighted by molar-refractivity contribution is -0.122. The molecule has 3 aromatic rings. The minimum Gasteiger partial charge on any atom is -0.495 e. The minimum atomic E-state index is -0.708. The zero-order valence-electron chi connectivity index (χ0n) is 17.4. The third kappa shape index (κ3) is 6.08. The molecule has 0 saturated heterocycles. The highest BCUT2D eigenvalue weighted by Gasteiger charge is 2.16. The smallest absolute Gasteiger partial charge is 0.265 e. The second-order valence-corrected chi connectivity index (χ2v) is 7.85. The molecule has 1 unspecified atom stereocenters. The number of carbonyl (C=O) groups is 2. The Morgan fingerprint density at radius 2 is 1.61 bits per heavy atom. The van der Waals surface area contributed by atoms with E-state index >= 15 is 0 Å². The maximum atomic E-state index is 12.6. The Balaban J connectivity index is 1.60. The zero-order chi connectivity index (χ0) is 22.4. The van der Waals surface area contributed by atoms with Crippen LogP contribution in [0.2, 0.25) is 0 Å². The molecule has 2 N–H and O–H groups in total. The van der Waals surface area contributed by atoms with Gasteiger partial charge in [0.1, 0.15) is 11.5 Å². The fraction of sp³-hybridized carbons (Fsp3) is 0.167. The van der Waals surface area contributed by atoms with Gasteiger partial charge in [0.2, 0.25) is 0 Å². The van der Waals surface area contributed by atoms with E-state index in [-0.39, 0.29) is 11.8 Å². The summed E-state index contributed by atoms with van der Waals surface area (Å²) >= 11 is 3.36. The lowest BCUT2D eigenvalue weighted by Crippen LogP contribution is -2.30. The van der Waals surface area contributed by atoms with Crippen molar-refractivity contribution in [3.05, 3.63) is 82.3 Å². The van der Waals surface area contributed by atoms with Crippen LogP contribution in [0.3, 0.4) is 0 Å². The molecule has 160 valence electrons.